The Kier molecular flexibility index (Phi) is 6.74. The van der Waals surface area contributed by atoms with Crippen molar-refractivity contribution in [2.45, 2.75) is 38.6 Å². The lowest BCUT2D eigenvalue weighted by Crippen LogP contribution is -2.30. The van der Waals surface area contributed by atoms with E-state index in [0.29, 0.717) is 5.02 Å². The first-order chi connectivity index (χ1) is 16.7. The fraction of sp³-hybridized carbons (Fsp3) is 0.292. The van der Waals surface area contributed by atoms with Crippen LogP contribution in [0.1, 0.15) is 66.1 Å². The van der Waals surface area contributed by atoms with Gasteiger partial charge in [0.1, 0.15) is 17.8 Å². The summed E-state index contributed by atoms with van der Waals surface area (Å²) in [6, 6.07) is 6.92. The summed E-state index contributed by atoms with van der Waals surface area (Å²) in [4.78, 5) is 30.1. The van der Waals surface area contributed by atoms with E-state index in [9.17, 15) is 14.7 Å². The molecule has 4 aromatic rings. The Balaban J connectivity index is 1.84. The SMILES string of the molecule is CC(C)c1cnn([C@@H](c2ccccc2Cl)[C@H](C)c2nc(C(=O)Nc3cnoc3)c(O)c(=O)n2C)c1. The Morgan fingerprint density at radius 1 is 1.20 bits per heavy atom. The number of halogens is 1. The summed E-state index contributed by atoms with van der Waals surface area (Å²) in [5, 5.41) is 21.6. The molecule has 0 saturated carbocycles. The zero-order valence-electron chi connectivity index (χ0n) is 19.6. The number of hydrogen-bond donors (Lipinski definition) is 2. The molecule has 1 amide bonds. The first kappa shape index (κ1) is 24.2. The number of anilines is 1. The van der Waals surface area contributed by atoms with Gasteiger partial charge in [0.15, 0.2) is 5.69 Å². The van der Waals surface area contributed by atoms with Gasteiger partial charge in [0.25, 0.3) is 11.5 Å². The van der Waals surface area contributed by atoms with E-state index in [0.717, 1.165) is 11.1 Å². The molecule has 11 heteroatoms. The fourth-order valence-electron chi connectivity index (χ4n) is 3.93. The fourth-order valence-corrected chi connectivity index (χ4v) is 4.18. The summed E-state index contributed by atoms with van der Waals surface area (Å²) in [7, 11) is 1.49. The number of hydrogen-bond acceptors (Lipinski definition) is 7. The molecule has 10 nitrogen and oxygen atoms in total. The van der Waals surface area contributed by atoms with Crippen molar-refractivity contribution < 1.29 is 14.4 Å². The van der Waals surface area contributed by atoms with Crippen LogP contribution >= 0.6 is 11.6 Å². The standard InChI is InChI=1S/C24H25ClN6O4/c1-13(2)15-9-26-31(11-15)20(17-7-5-6-8-18(17)25)14(3)22-29-19(21(32)24(34)30(22)4)23(33)28-16-10-27-35-12-16/h5-14,20,32H,1-4H3,(H,28,33)/t14-,20+/m0/s1. The molecule has 0 bridgehead atoms. The number of carbonyl (C=O) groups excluding carboxylic acids is 1. The van der Waals surface area contributed by atoms with Crippen molar-refractivity contribution in [2.75, 3.05) is 5.32 Å². The molecule has 2 N–H and O–H groups in total. The number of aromatic hydroxyl groups is 1. The summed E-state index contributed by atoms with van der Waals surface area (Å²) in [5.74, 6) is -1.47. The maximum absolute atomic E-state index is 12.9. The van der Waals surface area contributed by atoms with Gasteiger partial charge < -0.3 is 14.9 Å². The van der Waals surface area contributed by atoms with E-state index in [4.69, 9.17) is 16.1 Å². The topological polar surface area (TPSA) is 128 Å². The predicted octanol–water partition coefficient (Wildman–Crippen LogP) is 4.09. The first-order valence-electron chi connectivity index (χ1n) is 11.0. The minimum absolute atomic E-state index is 0.259. The third kappa shape index (κ3) is 4.69. The molecule has 0 radical (unpaired) electrons. The molecule has 182 valence electrons. The molecule has 0 aliphatic rings. The average Bonchev–Trinajstić information content (AvgIpc) is 3.51. The molecule has 1 aromatic carbocycles. The smallest absolute Gasteiger partial charge is 0.296 e. The molecule has 4 rings (SSSR count). The Bertz CT molecular complexity index is 1410. The largest absolute Gasteiger partial charge is 0.501 e. The van der Waals surface area contributed by atoms with Crippen LogP contribution < -0.4 is 10.9 Å². The third-order valence-corrected chi connectivity index (χ3v) is 6.23. The van der Waals surface area contributed by atoms with Crippen molar-refractivity contribution in [1.29, 1.82) is 0 Å². The van der Waals surface area contributed by atoms with E-state index in [1.807, 2.05) is 31.3 Å². The maximum Gasteiger partial charge on any atom is 0.296 e. The number of amides is 1. The Hall–Kier alpha value is -3.92. The number of nitrogens with zero attached hydrogens (tertiary/aromatic N) is 5. The molecular formula is C24H25ClN6O4. The average molecular weight is 497 g/mol. The molecule has 0 aliphatic carbocycles. The van der Waals surface area contributed by atoms with Crippen molar-refractivity contribution in [3.63, 3.8) is 0 Å². The van der Waals surface area contributed by atoms with Crippen LogP contribution in [0.2, 0.25) is 5.02 Å². The lowest BCUT2D eigenvalue weighted by molar-refractivity contribution is 0.101. The highest BCUT2D eigenvalue weighted by Crippen LogP contribution is 2.37. The van der Waals surface area contributed by atoms with Crippen LogP contribution in [0.15, 0.2) is 58.4 Å². The van der Waals surface area contributed by atoms with Crippen molar-refractivity contribution in [3.05, 3.63) is 87.1 Å². The van der Waals surface area contributed by atoms with Gasteiger partial charge in [-0.25, -0.2) is 4.98 Å². The van der Waals surface area contributed by atoms with Crippen LogP contribution in [-0.2, 0) is 7.05 Å². The lowest BCUT2D eigenvalue weighted by Gasteiger charge is -2.27. The molecule has 35 heavy (non-hydrogen) atoms. The summed E-state index contributed by atoms with van der Waals surface area (Å²) < 4.78 is 7.73. The van der Waals surface area contributed by atoms with Gasteiger partial charge in [-0.1, -0.05) is 55.7 Å². The number of benzene rings is 1. The van der Waals surface area contributed by atoms with Crippen molar-refractivity contribution in [1.82, 2.24) is 24.5 Å². The highest BCUT2D eigenvalue weighted by Gasteiger charge is 2.31. The van der Waals surface area contributed by atoms with Crippen LogP contribution in [0.4, 0.5) is 5.69 Å². The van der Waals surface area contributed by atoms with E-state index < -0.39 is 34.9 Å². The molecule has 2 atom stereocenters. The Labute approximate surface area is 206 Å². The van der Waals surface area contributed by atoms with Gasteiger partial charge in [0.05, 0.1) is 18.4 Å². The molecule has 0 unspecified atom stereocenters. The molecule has 3 aromatic heterocycles. The van der Waals surface area contributed by atoms with Gasteiger partial charge in [-0.3, -0.25) is 18.8 Å². The van der Waals surface area contributed by atoms with Gasteiger partial charge in [-0.05, 0) is 23.1 Å². The number of aromatic nitrogens is 5. The molecule has 0 spiro atoms. The number of carbonyl (C=O) groups is 1. The van der Waals surface area contributed by atoms with Gasteiger partial charge in [-0.2, -0.15) is 5.10 Å². The molecule has 0 aliphatic heterocycles. The zero-order chi connectivity index (χ0) is 25.3. The van der Waals surface area contributed by atoms with Gasteiger partial charge in [0, 0.05) is 24.2 Å². The maximum atomic E-state index is 12.9. The molecule has 0 saturated heterocycles. The number of nitrogens with one attached hydrogen (secondary N) is 1. The Morgan fingerprint density at radius 2 is 1.94 bits per heavy atom. The second-order valence-corrected chi connectivity index (χ2v) is 8.97. The van der Waals surface area contributed by atoms with Crippen LogP contribution in [0.5, 0.6) is 5.75 Å². The van der Waals surface area contributed by atoms with Gasteiger partial charge in [0.2, 0.25) is 5.75 Å². The monoisotopic (exact) mass is 496 g/mol. The second-order valence-electron chi connectivity index (χ2n) is 8.56. The van der Waals surface area contributed by atoms with Crippen LogP contribution in [-0.4, -0.2) is 35.5 Å². The van der Waals surface area contributed by atoms with E-state index in [1.165, 1.54) is 24.1 Å². The minimum Gasteiger partial charge on any atom is -0.501 e. The molecule has 0 fully saturated rings. The van der Waals surface area contributed by atoms with E-state index in [1.54, 1.807) is 16.9 Å². The number of rotatable bonds is 7. The Morgan fingerprint density at radius 3 is 2.57 bits per heavy atom. The van der Waals surface area contributed by atoms with Crippen molar-refractivity contribution >= 4 is 23.2 Å². The quantitative estimate of drug-likeness (QED) is 0.394. The highest BCUT2D eigenvalue weighted by atomic mass is 35.5. The van der Waals surface area contributed by atoms with E-state index in [2.05, 4.69) is 34.4 Å². The van der Waals surface area contributed by atoms with E-state index in [-0.39, 0.29) is 17.4 Å². The predicted molar refractivity (Wildman–Crippen MR) is 130 cm³/mol. The van der Waals surface area contributed by atoms with Gasteiger partial charge in [-0.15, -0.1) is 0 Å². The zero-order valence-corrected chi connectivity index (χ0v) is 20.4. The van der Waals surface area contributed by atoms with Gasteiger partial charge >= 0.3 is 0 Å². The lowest BCUT2D eigenvalue weighted by atomic mass is 9.93. The summed E-state index contributed by atoms with van der Waals surface area (Å²) in [6.45, 7) is 6.01. The molecule has 3 heterocycles. The minimum atomic E-state index is -0.771. The van der Waals surface area contributed by atoms with Crippen molar-refractivity contribution in [3.8, 4) is 5.75 Å². The third-order valence-electron chi connectivity index (χ3n) is 5.88. The normalized spacial score (nSPS) is 13.1. The van der Waals surface area contributed by atoms with E-state index >= 15 is 0 Å². The highest BCUT2D eigenvalue weighted by molar-refractivity contribution is 6.31. The van der Waals surface area contributed by atoms with Crippen LogP contribution in [0, 0.1) is 0 Å². The van der Waals surface area contributed by atoms with Crippen LogP contribution in [0.3, 0.4) is 0 Å². The second kappa shape index (κ2) is 9.75. The molecular weight excluding hydrogens is 472 g/mol. The first-order valence-corrected chi connectivity index (χ1v) is 11.4. The summed E-state index contributed by atoms with van der Waals surface area (Å²) >= 11 is 6.58. The van der Waals surface area contributed by atoms with Crippen molar-refractivity contribution in [2.24, 2.45) is 7.05 Å². The summed E-state index contributed by atoms with van der Waals surface area (Å²) in [5.41, 5.74) is 0.919. The summed E-state index contributed by atoms with van der Waals surface area (Å²) in [6.07, 6.45) is 6.24. The van der Waals surface area contributed by atoms with Crippen LogP contribution in [0.25, 0.3) is 0 Å².